The van der Waals surface area contributed by atoms with Crippen LogP contribution < -0.4 is 0 Å². The molecule has 1 aromatic rings. The summed E-state index contributed by atoms with van der Waals surface area (Å²) in [5.74, 6) is -0.850. The number of hydrogen-bond acceptors (Lipinski definition) is 2. The average molecular weight is 286 g/mol. The van der Waals surface area contributed by atoms with Gasteiger partial charge < -0.3 is 10.0 Å². The van der Waals surface area contributed by atoms with Gasteiger partial charge in [0.15, 0.2) is 0 Å². The van der Waals surface area contributed by atoms with E-state index in [1.165, 1.54) is 12.1 Å². The van der Waals surface area contributed by atoms with Gasteiger partial charge in [-0.05, 0) is 25.0 Å². The molecule has 1 saturated heterocycles. The van der Waals surface area contributed by atoms with Crippen molar-refractivity contribution in [2.24, 2.45) is 0 Å². The first-order chi connectivity index (χ1) is 9.13. The molecule has 0 radical (unpaired) electrons. The van der Waals surface area contributed by atoms with Crippen molar-refractivity contribution in [2.75, 3.05) is 12.4 Å². The van der Waals surface area contributed by atoms with Crippen LogP contribution in [0.1, 0.15) is 36.0 Å². The van der Waals surface area contributed by atoms with Crippen molar-refractivity contribution in [1.29, 1.82) is 0 Å². The summed E-state index contributed by atoms with van der Waals surface area (Å²) < 4.78 is 13.7. The predicted octanol–water partition coefficient (Wildman–Crippen LogP) is 3.15. The SMILES string of the molecule is O=C(c1ccc(O)cc1F)N1CCCCCC1CCl. The van der Waals surface area contributed by atoms with Crippen LogP contribution in [0.3, 0.4) is 0 Å². The topological polar surface area (TPSA) is 40.5 Å². The van der Waals surface area contributed by atoms with Gasteiger partial charge in [0.1, 0.15) is 11.6 Å². The maximum atomic E-state index is 13.7. The number of amides is 1. The molecule has 1 heterocycles. The number of nitrogens with zero attached hydrogens (tertiary/aromatic N) is 1. The summed E-state index contributed by atoms with van der Waals surface area (Å²) in [5, 5.41) is 9.19. The van der Waals surface area contributed by atoms with Crippen LogP contribution in [-0.4, -0.2) is 34.4 Å². The molecule has 1 aliphatic heterocycles. The Morgan fingerprint density at radius 2 is 2.21 bits per heavy atom. The van der Waals surface area contributed by atoms with Crippen LogP contribution in [0, 0.1) is 5.82 Å². The van der Waals surface area contributed by atoms with Crippen molar-refractivity contribution in [2.45, 2.75) is 31.7 Å². The van der Waals surface area contributed by atoms with Gasteiger partial charge >= 0.3 is 0 Å². The zero-order valence-electron chi connectivity index (χ0n) is 10.6. The van der Waals surface area contributed by atoms with Gasteiger partial charge in [-0.15, -0.1) is 11.6 Å². The molecule has 0 spiro atoms. The van der Waals surface area contributed by atoms with Crippen molar-refractivity contribution in [3.8, 4) is 5.75 Å². The number of likely N-dealkylation sites (tertiary alicyclic amines) is 1. The summed E-state index contributed by atoms with van der Waals surface area (Å²) in [6.07, 6.45) is 3.88. The van der Waals surface area contributed by atoms with Gasteiger partial charge in [-0.3, -0.25) is 4.79 Å². The second-order valence-corrected chi connectivity index (χ2v) is 5.13. The predicted molar refractivity (Wildman–Crippen MR) is 72.1 cm³/mol. The molecule has 1 aromatic carbocycles. The summed E-state index contributed by atoms with van der Waals surface area (Å²) in [4.78, 5) is 14.1. The van der Waals surface area contributed by atoms with Crippen LogP contribution in [0.25, 0.3) is 0 Å². The Kier molecular flexibility index (Phi) is 4.64. The molecule has 2 rings (SSSR count). The summed E-state index contributed by atoms with van der Waals surface area (Å²) >= 11 is 5.92. The Bertz CT molecular complexity index is 467. The second kappa shape index (κ2) is 6.24. The Balaban J connectivity index is 2.25. The third-order valence-electron chi connectivity index (χ3n) is 3.50. The lowest BCUT2D eigenvalue weighted by Crippen LogP contribution is -2.41. The third-order valence-corrected chi connectivity index (χ3v) is 3.86. The number of carbonyl (C=O) groups excluding carboxylic acids is 1. The quantitative estimate of drug-likeness (QED) is 0.848. The van der Waals surface area contributed by atoms with E-state index in [2.05, 4.69) is 0 Å². The molecule has 1 atom stereocenters. The second-order valence-electron chi connectivity index (χ2n) is 4.82. The van der Waals surface area contributed by atoms with Gasteiger partial charge in [-0.1, -0.05) is 12.8 Å². The lowest BCUT2D eigenvalue weighted by Gasteiger charge is -2.28. The molecular weight excluding hydrogens is 269 g/mol. The summed E-state index contributed by atoms with van der Waals surface area (Å²) in [5.41, 5.74) is -0.00480. The molecule has 19 heavy (non-hydrogen) atoms. The first-order valence-corrected chi connectivity index (χ1v) is 7.02. The Morgan fingerprint density at radius 1 is 1.42 bits per heavy atom. The van der Waals surface area contributed by atoms with Crippen LogP contribution in [0.2, 0.25) is 0 Å². The molecule has 1 unspecified atom stereocenters. The molecule has 0 aliphatic carbocycles. The standard InChI is InChI=1S/C14H17ClFNO2/c15-9-10-4-2-1-3-7-17(10)14(19)12-6-5-11(18)8-13(12)16/h5-6,8,10,18H,1-4,7,9H2. The molecule has 0 bridgehead atoms. The zero-order valence-corrected chi connectivity index (χ0v) is 11.4. The van der Waals surface area contributed by atoms with Crippen molar-refractivity contribution >= 4 is 17.5 Å². The van der Waals surface area contributed by atoms with Gasteiger partial charge in [0.2, 0.25) is 0 Å². The fraction of sp³-hybridized carbons (Fsp3) is 0.500. The number of carbonyl (C=O) groups is 1. The highest BCUT2D eigenvalue weighted by Crippen LogP contribution is 2.22. The van der Waals surface area contributed by atoms with Gasteiger partial charge in [-0.2, -0.15) is 0 Å². The van der Waals surface area contributed by atoms with E-state index in [9.17, 15) is 14.3 Å². The highest BCUT2D eigenvalue weighted by molar-refractivity contribution is 6.18. The number of halogens is 2. The molecule has 1 fully saturated rings. The number of phenols is 1. The Morgan fingerprint density at radius 3 is 2.89 bits per heavy atom. The number of rotatable bonds is 2. The molecule has 5 heteroatoms. The minimum absolute atomic E-state index is 0.00480. The number of aromatic hydroxyl groups is 1. The van der Waals surface area contributed by atoms with E-state index < -0.39 is 5.82 Å². The van der Waals surface area contributed by atoms with Crippen LogP contribution >= 0.6 is 11.6 Å². The first kappa shape index (κ1) is 14.1. The lowest BCUT2D eigenvalue weighted by atomic mass is 10.1. The zero-order chi connectivity index (χ0) is 13.8. The normalized spacial score (nSPS) is 20.1. The molecule has 0 aromatic heterocycles. The number of hydrogen-bond donors (Lipinski definition) is 1. The summed E-state index contributed by atoms with van der Waals surface area (Å²) in [6.45, 7) is 0.608. The fourth-order valence-electron chi connectivity index (χ4n) is 2.44. The number of alkyl halides is 1. The molecule has 1 N–H and O–H groups in total. The van der Waals surface area contributed by atoms with E-state index in [0.717, 1.165) is 31.7 Å². The maximum absolute atomic E-state index is 13.7. The molecule has 0 saturated carbocycles. The van der Waals surface area contributed by atoms with Gasteiger partial charge in [0, 0.05) is 24.5 Å². The van der Waals surface area contributed by atoms with E-state index in [4.69, 9.17) is 11.6 Å². The van der Waals surface area contributed by atoms with Gasteiger partial charge in [0.25, 0.3) is 5.91 Å². The average Bonchev–Trinajstić information content (AvgIpc) is 2.63. The number of benzene rings is 1. The fourth-order valence-corrected chi connectivity index (χ4v) is 2.76. The van der Waals surface area contributed by atoms with Crippen molar-refractivity contribution in [3.63, 3.8) is 0 Å². The maximum Gasteiger partial charge on any atom is 0.257 e. The third kappa shape index (κ3) is 3.18. The van der Waals surface area contributed by atoms with E-state index in [0.29, 0.717) is 12.4 Å². The van der Waals surface area contributed by atoms with Gasteiger partial charge in [-0.25, -0.2) is 4.39 Å². The lowest BCUT2D eigenvalue weighted by molar-refractivity contribution is 0.0695. The molecule has 104 valence electrons. The largest absolute Gasteiger partial charge is 0.508 e. The molecule has 3 nitrogen and oxygen atoms in total. The monoisotopic (exact) mass is 285 g/mol. The van der Waals surface area contributed by atoms with Crippen LogP contribution in [0.4, 0.5) is 4.39 Å². The van der Waals surface area contributed by atoms with Crippen LogP contribution in [-0.2, 0) is 0 Å². The van der Waals surface area contributed by atoms with Crippen LogP contribution in [0.15, 0.2) is 18.2 Å². The van der Waals surface area contributed by atoms with Crippen molar-refractivity contribution in [1.82, 2.24) is 4.90 Å². The highest BCUT2D eigenvalue weighted by atomic mass is 35.5. The Hall–Kier alpha value is -1.29. The minimum Gasteiger partial charge on any atom is -0.508 e. The van der Waals surface area contributed by atoms with E-state index >= 15 is 0 Å². The highest BCUT2D eigenvalue weighted by Gasteiger charge is 2.27. The van der Waals surface area contributed by atoms with E-state index in [1.54, 1.807) is 4.90 Å². The smallest absolute Gasteiger partial charge is 0.257 e. The minimum atomic E-state index is -0.692. The molecule has 1 amide bonds. The summed E-state index contributed by atoms with van der Waals surface area (Å²) in [7, 11) is 0. The number of phenolic OH excluding ortho intramolecular Hbond substituents is 1. The van der Waals surface area contributed by atoms with E-state index in [1.807, 2.05) is 0 Å². The van der Waals surface area contributed by atoms with E-state index in [-0.39, 0.29) is 23.3 Å². The molecular formula is C14H17ClFNO2. The Labute approximate surface area is 117 Å². The van der Waals surface area contributed by atoms with Crippen LogP contribution in [0.5, 0.6) is 5.75 Å². The first-order valence-electron chi connectivity index (χ1n) is 6.49. The van der Waals surface area contributed by atoms with Gasteiger partial charge in [0.05, 0.1) is 5.56 Å². The molecule has 1 aliphatic rings. The van der Waals surface area contributed by atoms with Crippen molar-refractivity contribution in [3.05, 3.63) is 29.6 Å². The van der Waals surface area contributed by atoms with Crippen molar-refractivity contribution < 1.29 is 14.3 Å². The summed E-state index contributed by atoms with van der Waals surface area (Å²) in [6, 6.07) is 3.57.